The van der Waals surface area contributed by atoms with E-state index in [1.54, 1.807) is 31.2 Å². The molecule has 0 saturated carbocycles. The molecule has 4 N–H and O–H groups in total. The lowest BCUT2D eigenvalue weighted by Gasteiger charge is -2.13. The van der Waals surface area contributed by atoms with E-state index in [-0.39, 0.29) is 28.1 Å². The number of hydrogen-bond acceptors (Lipinski definition) is 6. The standard InChI is InChI=1S/C23H18BrF3N6O3/c1-2-36-21(34)15-10-33-19(20(28)29-11-30-33)18(15)12-3-5-13(6-4-12)31-22(35)32-14-7-8-17(24)16(9-14)23(25,26)27/h3-11H,2H2,1H3,(H2,28,29,30)(H2,31,32,35). The van der Waals surface area contributed by atoms with Crippen LogP contribution in [0, 0.1) is 0 Å². The number of benzene rings is 2. The average molecular weight is 563 g/mol. The van der Waals surface area contributed by atoms with Crippen LogP contribution in [0.1, 0.15) is 22.8 Å². The van der Waals surface area contributed by atoms with Gasteiger partial charge in [0, 0.05) is 27.6 Å². The van der Waals surface area contributed by atoms with Crippen molar-refractivity contribution in [2.75, 3.05) is 23.0 Å². The molecule has 2 aromatic heterocycles. The minimum Gasteiger partial charge on any atom is -0.462 e. The van der Waals surface area contributed by atoms with Gasteiger partial charge in [0.25, 0.3) is 0 Å². The van der Waals surface area contributed by atoms with Gasteiger partial charge in [-0.1, -0.05) is 28.1 Å². The molecule has 4 rings (SSSR count). The van der Waals surface area contributed by atoms with E-state index >= 15 is 0 Å². The SMILES string of the molecule is CCOC(=O)c1cn2ncnc(N)c2c1-c1ccc(NC(=O)Nc2ccc(Br)c(C(F)(F)F)c2)cc1. The summed E-state index contributed by atoms with van der Waals surface area (Å²) in [5.41, 5.74) is 7.13. The van der Waals surface area contributed by atoms with Crippen LogP contribution >= 0.6 is 15.9 Å². The van der Waals surface area contributed by atoms with Gasteiger partial charge < -0.3 is 21.1 Å². The molecule has 13 heteroatoms. The van der Waals surface area contributed by atoms with Crippen molar-refractivity contribution in [1.82, 2.24) is 14.6 Å². The molecule has 2 amide bonds. The Bertz CT molecular complexity index is 1450. The zero-order valence-corrected chi connectivity index (χ0v) is 20.1. The van der Waals surface area contributed by atoms with Crippen molar-refractivity contribution >= 4 is 50.6 Å². The second kappa shape index (κ2) is 9.85. The van der Waals surface area contributed by atoms with E-state index < -0.39 is 23.7 Å². The lowest BCUT2D eigenvalue weighted by Crippen LogP contribution is -2.20. The Morgan fingerprint density at radius 2 is 1.78 bits per heavy atom. The predicted molar refractivity (Wildman–Crippen MR) is 131 cm³/mol. The van der Waals surface area contributed by atoms with Gasteiger partial charge in [0.05, 0.1) is 17.7 Å². The average Bonchev–Trinajstić information content (AvgIpc) is 3.21. The molecule has 0 aliphatic heterocycles. The normalized spacial score (nSPS) is 11.4. The molecule has 0 fully saturated rings. The number of ether oxygens (including phenoxy) is 1. The molecule has 9 nitrogen and oxygen atoms in total. The highest BCUT2D eigenvalue weighted by Crippen LogP contribution is 2.36. The van der Waals surface area contributed by atoms with Gasteiger partial charge >= 0.3 is 18.2 Å². The number of hydrogen-bond donors (Lipinski definition) is 3. The lowest BCUT2D eigenvalue weighted by molar-refractivity contribution is -0.138. The summed E-state index contributed by atoms with van der Waals surface area (Å²) in [6.07, 6.45) is -1.83. The quantitative estimate of drug-likeness (QED) is 0.273. The van der Waals surface area contributed by atoms with E-state index in [0.717, 1.165) is 6.07 Å². The second-order valence-corrected chi connectivity index (χ2v) is 8.28. The number of esters is 1. The highest BCUT2D eigenvalue weighted by atomic mass is 79.9. The fraction of sp³-hybridized carbons (Fsp3) is 0.130. The Hall–Kier alpha value is -4.13. The molecule has 2 aromatic carbocycles. The van der Waals surface area contributed by atoms with Gasteiger partial charge in [-0.2, -0.15) is 18.3 Å². The third-order valence-electron chi connectivity index (χ3n) is 5.06. The summed E-state index contributed by atoms with van der Waals surface area (Å²) in [7, 11) is 0. The minimum atomic E-state index is -4.58. The zero-order chi connectivity index (χ0) is 26.0. The summed E-state index contributed by atoms with van der Waals surface area (Å²) in [5, 5.41) is 9.02. The molecule has 0 spiro atoms. The van der Waals surface area contributed by atoms with Gasteiger partial charge in [0.2, 0.25) is 0 Å². The molecule has 36 heavy (non-hydrogen) atoms. The largest absolute Gasteiger partial charge is 0.462 e. The number of nitrogen functional groups attached to an aromatic ring is 1. The monoisotopic (exact) mass is 562 g/mol. The zero-order valence-electron chi connectivity index (χ0n) is 18.6. The van der Waals surface area contributed by atoms with Gasteiger partial charge in [-0.3, -0.25) is 0 Å². The van der Waals surface area contributed by atoms with E-state index in [9.17, 15) is 22.8 Å². The van der Waals surface area contributed by atoms with E-state index in [2.05, 4.69) is 36.6 Å². The van der Waals surface area contributed by atoms with Crippen molar-refractivity contribution in [3.05, 3.63) is 70.6 Å². The van der Waals surface area contributed by atoms with Crippen LogP contribution in [0.15, 0.2) is 59.5 Å². The first-order chi connectivity index (χ1) is 17.1. The summed E-state index contributed by atoms with van der Waals surface area (Å²) in [5.74, 6) is -0.406. The molecule has 0 aliphatic carbocycles. The fourth-order valence-electron chi connectivity index (χ4n) is 3.52. The number of nitrogens with one attached hydrogen (secondary N) is 2. The first kappa shape index (κ1) is 25.0. The number of amides is 2. The number of anilines is 3. The smallest absolute Gasteiger partial charge is 0.417 e. The molecule has 0 aliphatic rings. The number of aromatic nitrogens is 3. The van der Waals surface area contributed by atoms with Crippen LogP contribution in [-0.4, -0.2) is 33.2 Å². The molecule has 0 atom stereocenters. The van der Waals surface area contributed by atoms with Crippen molar-refractivity contribution in [2.24, 2.45) is 0 Å². The molecule has 4 aromatic rings. The van der Waals surface area contributed by atoms with Crippen molar-refractivity contribution in [3.63, 3.8) is 0 Å². The molecular formula is C23H18BrF3N6O3. The number of alkyl halides is 3. The van der Waals surface area contributed by atoms with Crippen LogP contribution in [0.5, 0.6) is 0 Å². The number of carbonyl (C=O) groups is 2. The van der Waals surface area contributed by atoms with E-state index in [1.165, 1.54) is 29.2 Å². The molecule has 0 bridgehead atoms. The fourth-order valence-corrected chi connectivity index (χ4v) is 4.00. The molecule has 0 unspecified atom stereocenters. The molecular weight excluding hydrogens is 545 g/mol. The van der Waals surface area contributed by atoms with Gasteiger partial charge in [-0.25, -0.2) is 19.1 Å². The van der Waals surface area contributed by atoms with Gasteiger partial charge in [0.15, 0.2) is 5.82 Å². The van der Waals surface area contributed by atoms with Gasteiger partial charge in [-0.05, 0) is 42.8 Å². The number of rotatable bonds is 5. The number of fused-ring (bicyclic) bond motifs is 1. The number of carbonyl (C=O) groups excluding carboxylic acids is 2. The Balaban J connectivity index is 1.58. The summed E-state index contributed by atoms with van der Waals surface area (Å²) >= 11 is 2.86. The van der Waals surface area contributed by atoms with Crippen molar-refractivity contribution in [1.29, 1.82) is 0 Å². The Kier molecular flexibility index (Phi) is 6.84. The van der Waals surface area contributed by atoms with E-state index in [1.807, 2.05) is 0 Å². The third-order valence-corrected chi connectivity index (χ3v) is 5.75. The van der Waals surface area contributed by atoms with E-state index in [4.69, 9.17) is 10.5 Å². The Morgan fingerprint density at radius 1 is 1.11 bits per heavy atom. The van der Waals surface area contributed by atoms with Gasteiger partial charge in [-0.15, -0.1) is 0 Å². The topological polar surface area (TPSA) is 124 Å². The minimum absolute atomic E-state index is 0.0329. The van der Waals surface area contributed by atoms with Crippen LogP contribution in [0.2, 0.25) is 0 Å². The summed E-state index contributed by atoms with van der Waals surface area (Å²) < 4.78 is 45.8. The van der Waals surface area contributed by atoms with Crippen molar-refractivity contribution in [2.45, 2.75) is 13.1 Å². The molecule has 2 heterocycles. The maximum atomic E-state index is 13.1. The predicted octanol–water partition coefficient (Wildman–Crippen LogP) is 5.58. The van der Waals surface area contributed by atoms with Crippen LogP contribution in [-0.2, 0) is 10.9 Å². The van der Waals surface area contributed by atoms with Gasteiger partial charge in [0.1, 0.15) is 11.8 Å². The maximum absolute atomic E-state index is 13.1. The second-order valence-electron chi connectivity index (χ2n) is 7.43. The Morgan fingerprint density at radius 3 is 2.44 bits per heavy atom. The van der Waals surface area contributed by atoms with Crippen LogP contribution in [0.3, 0.4) is 0 Å². The Labute approximate surface area is 210 Å². The first-order valence-corrected chi connectivity index (χ1v) is 11.2. The number of nitrogens with zero attached hydrogens (tertiary/aromatic N) is 3. The molecule has 0 saturated heterocycles. The number of halogens is 4. The molecule has 186 valence electrons. The lowest BCUT2D eigenvalue weighted by atomic mass is 10.0. The maximum Gasteiger partial charge on any atom is 0.417 e. The molecule has 0 radical (unpaired) electrons. The van der Waals surface area contributed by atoms with Crippen LogP contribution in [0.25, 0.3) is 16.6 Å². The highest BCUT2D eigenvalue weighted by Gasteiger charge is 2.33. The first-order valence-electron chi connectivity index (χ1n) is 10.4. The summed E-state index contributed by atoms with van der Waals surface area (Å²) in [6.45, 7) is 1.86. The van der Waals surface area contributed by atoms with Crippen molar-refractivity contribution < 1.29 is 27.5 Å². The van der Waals surface area contributed by atoms with Crippen molar-refractivity contribution in [3.8, 4) is 11.1 Å². The summed E-state index contributed by atoms with van der Waals surface area (Å²) in [6, 6.07) is 9.04. The highest BCUT2D eigenvalue weighted by molar-refractivity contribution is 9.10. The van der Waals surface area contributed by atoms with Crippen LogP contribution < -0.4 is 16.4 Å². The third kappa shape index (κ3) is 5.10. The van der Waals surface area contributed by atoms with E-state index in [0.29, 0.717) is 22.3 Å². The number of nitrogens with two attached hydrogens (primary N) is 1. The summed E-state index contributed by atoms with van der Waals surface area (Å²) in [4.78, 5) is 28.9. The number of urea groups is 1. The van der Waals surface area contributed by atoms with Crippen LogP contribution in [0.4, 0.5) is 35.2 Å².